The minimum absolute atomic E-state index is 0.605. The Balaban J connectivity index is 2.02. The first kappa shape index (κ1) is 9.97. The summed E-state index contributed by atoms with van der Waals surface area (Å²) in [4.78, 5) is 8.99. The Hall–Kier alpha value is -1.56. The summed E-state index contributed by atoms with van der Waals surface area (Å²) >= 11 is 1.55. The number of nitrogens with two attached hydrogens (primary N) is 1. The Labute approximate surface area is 91.1 Å². The van der Waals surface area contributed by atoms with Crippen molar-refractivity contribution in [1.82, 2.24) is 15.1 Å². The van der Waals surface area contributed by atoms with Crippen molar-refractivity contribution in [2.75, 3.05) is 5.73 Å². The highest BCUT2D eigenvalue weighted by Gasteiger charge is 2.05. The van der Waals surface area contributed by atoms with Gasteiger partial charge >= 0.3 is 0 Å². The van der Waals surface area contributed by atoms with Crippen LogP contribution in [-0.2, 0) is 5.75 Å². The van der Waals surface area contributed by atoms with Crippen LogP contribution in [-0.4, -0.2) is 15.1 Å². The van der Waals surface area contributed by atoms with Crippen LogP contribution in [0.1, 0.15) is 11.7 Å². The van der Waals surface area contributed by atoms with Gasteiger partial charge < -0.3 is 10.3 Å². The Morgan fingerprint density at radius 3 is 3.07 bits per heavy atom. The number of aryl methyl sites for hydroxylation is 1. The van der Waals surface area contributed by atoms with E-state index in [-0.39, 0.29) is 0 Å². The van der Waals surface area contributed by atoms with Gasteiger partial charge in [-0.1, -0.05) is 5.16 Å². The first-order valence-corrected chi connectivity index (χ1v) is 5.36. The van der Waals surface area contributed by atoms with Crippen molar-refractivity contribution >= 4 is 17.4 Å². The summed E-state index contributed by atoms with van der Waals surface area (Å²) < 4.78 is 4.99. The van der Waals surface area contributed by atoms with Gasteiger partial charge in [-0.2, -0.15) is 4.98 Å². The van der Waals surface area contributed by atoms with Crippen molar-refractivity contribution < 1.29 is 4.52 Å². The second-order valence-corrected chi connectivity index (χ2v) is 3.95. The molecule has 2 aromatic heterocycles. The van der Waals surface area contributed by atoms with Crippen LogP contribution in [0, 0.1) is 6.92 Å². The molecule has 2 heterocycles. The predicted molar refractivity (Wildman–Crippen MR) is 57.2 cm³/mol. The zero-order chi connectivity index (χ0) is 10.7. The maximum absolute atomic E-state index is 5.74. The highest BCUT2D eigenvalue weighted by atomic mass is 32.2. The quantitative estimate of drug-likeness (QED) is 0.795. The van der Waals surface area contributed by atoms with Gasteiger partial charge in [0.15, 0.2) is 5.82 Å². The van der Waals surface area contributed by atoms with Gasteiger partial charge in [0, 0.05) is 11.1 Å². The third kappa shape index (κ3) is 2.47. The highest BCUT2D eigenvalue weighted by Crippen LogP contribution is 2.26. The van der Waals surface area contributed by atoms with Crippen molar-refractivity contribution in [3.63, 3.8) is 0 Å². The number of thioether (sulfide) groups is 1. The first-order valence-electron chi connectivity index (χ1n) is 4.37. The summed E-state index contributed by atoms with van der Waals surface area (Å²) in [6.45, 7) is 1.79. The van der Waals surface area contributed by atoms with Crippen LogP contribution in [0.2, 0.25) is 0 Å². The summed E-state index contributed by atoms with van der Waals surface area (Å²) in [5, 5.41) is 3.71. The topological polar surface area (TPSA) is 77.8 Å². The molecular weight excluding hydrogens is 212 g/mol. The summed E-state index contributed by atoms with van der Waals surface area (Å²) in [6, 6.07) is 1.86. The lowest BCUT2D eigenvalue weighted by molar-refractivity contribution is 0.387. The standard InChI is InChI=1S/C9H10N4OS/c1-6-12-9(14-13-6)5-15-8-2-3-11-4-7(8)10/h2-4H,5,10H2,1H3. The van der Waals surface area contributed by atoms with Gasteiger partial charge in [0.05, 0.1) is 17.6 Å². The number of pyridine rings is 1. The van der Waals surface area contributed by atoms with Crippen molar-refractivity contribution in [3.8, 4) is 0 Å². The van der Waals surface area contributed by atoms with Crippen LogP contribution in [0.15, 0.2) is 27.9 Å². The van der Waals surface area contributed by atoms with Crippen LogP contribution >= 0.6 is 11.8 Å². The van der Waals surface area contributed by atoms with Crippen molar-refractivity contribution in [1.29, 1.82) is 0 Å². The zero-order valence-electron chi connectivity index (χ0n) is 8.17. The van der Waals surface area contributed by atoms with E-state index in [4.69, 9.17) is 10.3 Å². The molecule has 0 spiro atoms. The number of nitrogens with zero attached hydrogens (tertiary/aromatic N) is 3. The molecule has 78 valence electrons. The van der Waals surface area contributed by atoms with E-state index in [2.05, 4.69) is 15.1 Å². The maximum Gasteiger partial charge on any atom is 0.236 e. The van der Waals surface area contributed by atoms with E-state index >= 15 is 0 Å². The average Bonchev–Trinajstić information content (AvgIpc) is 2.63. The number of hydrogen-bond acceptors (Lipinski definition) is 6. The van der Waals surface area contributed by atoms with E-state index in [1.54, 1.807) is 31.1 Å². The molecule has 0 fully saturated rings. The van der Waals surface area contributed by atoms with Crippen LogP contribution in [0.5, 0.6) is 0 Å². The number of nitrogen functional groups attached to an aromatic ring is 1. The second kappa shape index (κ2) is 4.31. The summed E-state index contributed by atoms with van der Waals surface area (Å²) in [7, 11) is 0. The average molecular weight is 222 g/mol. The second-order valence-electron chi connectivity index (χ2n) is 2.94. The van der Waals surface area contributed by atoms with Crippen molar-refractivity contribution in [2.24, 2.45) is 0 Å². The minimum atomic E-state index is 0.605. The van der Waals surface area contributed by atoms with Gasteiger partial charge in [0.25, 0.3) is 0 Å². The van der Waals surface area contributed by atoms with Crippen LogP contribution in [0.3, 0.4) is 0 Å². The Morgan fingerprint density at radius 1 is 1.53 bits per heavy atom. The number of hydrogen-bond donors (Lipinski definition) is 1. The van der Waals surface area contributed by atoms with Crippen molar-refractivity contribution in [3.05, 3.63) is 30.2 Å². The summed E-state index contributed by atoms with van der Waals surface area (Å²) in [5.41, 5.74) is 6.41. The molecule has 6 heteroatoms. The summed E-state index contributed by atoms with van der Waals surface area (Å²) in [5.74, 6) is 1.87. The molecule has 0 saturated carbocycles. The minimum Gasteiger partial charge on any atom is -0.397 e. The molecule has 2 N–H and O–H groups in total. The molecule has 2 aromatic rings. The van der Waals surface area contributed by atoms with Gasteiger partial charge in [-0.25, -0.2) is 0 Å². The Morgan fingerprint density at radius 2 is 2.40 bits per heavy atom. The molecule has 2 rings (SSSR count). The molecule has 0 aliphatic carbocycles. The molecule has 5 nitrogen and oxygen atoms in total. The molecule has 0 aliphatic rings. The van der Waals surface area contributed by atoms with Gasteiger partial charge in [-0.05, 0) is 13.0 Å². The van der Waals surface area contributed by atoms with Crippen molar-refractivity contribution in [2.45, 2.75) is 17.6 Å². The number of aromatic nitrogens is 3. The Kier molecular flexibility index (Phi) is 2.86. The largest absolute Gasteiger partial charge is 0.397 e. The molecule has 0 amide bonds. The number of anilines is 1. The molecule has 0 atom stereocenters. The van der Waals surface area contributed by atoms with Gasteiger partial charge in [0.1, 0.15) is 0 Å². The molecule has 0 unspecified atom stereocenters. The predicted octanol–water partition coefficient (Wildman–Crippen LogP) is 1.65. The normalized spacial score (nSPS) is 10.5. The molecule has 15 heavy (non-hydrogen) atoms. The molecule has 0 aromatic carbocycles. The van der Waals surface area contributed by atoms with E-state index in [0.717, 1.165) is 4.90 Å². The SMILES string of the molecule is Cc1noc(CSc2ccncc2N)n1. The summed E-state index contributed by atoms with van der Waals surface area (Å²) in [6.07, 6.45) is 3.33. The van der Waals surface area contributed by atoms with Crippen LogP contribution in [0.25, 0.3) is 0 Å². The lowest BCUT2D eigenvalue weighted by Crippen LogP contribution is -1.90. The van der Waals surface area contributed by atoms with Gasteiger partial charge in [-0.15, -0.1) is 11.8 Å². The van der Waals surface area contributed by atoms with Crippen LogP contribution in [0.4, 0.5) is 5.69 Å². The molecule has 0 bridgehead atoms. The smallest absolute Gasteiger partial charge is 0.236 e. The lowest BCUT2D eigenvalue weighted by Gasteiger charge is -2.00. The Bertz CT molecular complexity index is 457. The molecule has 0 aliphatic heterocycles. The van der Waals surface area contributed by atoms with Gasteiger partial charge in [0.2, 0.25) is 5.89 Å². The molecular formula is C9H10N4OS. The fourth-order valence-electron chi connectivity index (χ4n) is 1.06. The fourth-order valence-corrected chi connectivity index (χ4v) is 1.84. The highest BCUT2D eigenvalue weighted by molar-refractivity contribution is 7.98. The van der Waals surface area contributed by atoms with Gasteiger partial charge in [-0.3, -0.25) is 4.98 Å². The number of rotatable bonds is 3. The zero-order valence-corrected chi connectivity index (χ0v) is 8.99. The monoisotopic (exact) mass is 222 g/mol. The van der Waals surface area contributed by atoms with Crippen LogP contribution < -0.4 is 5.73 Å². The molecule has 0 saturated heterocycles. The third-order valence-electron chi connectivity index (χ3n) is 1.73. The van der Waals surface area contributed by atoms with E-state index in [1.807, 2.05) is 6.07 Å². The molecule has 0 radical (unpaired) electrons. The van der Waals surface area contributed by atoms with E-state index in [1.165, 1.54) is 0 Å². The lowest BCUT2D eigenvalue weighted by atomic mass is 10.4. The maximum atomic E-state index is 5.74. The first-order chi connectivity index (χ1) is 7.25. The fraction of sp³-hybridized carbons (Fsp3) is 0.222. The van der Waals surface area contributed by atoms with E-state index in [0.29, 0.717) is 23.2 Å². The third-order valence-corrected chi connectivity index (χ3v) is 2.80. The van der Waals surface area contributed by atoms with E-state index in [9.17, 15) is 0 Å². The van der Waals surface area contributed by atoms with E-state index < -0.39 is 0 Å².